The zero-order valence-electron chi connectivity index (χ0n) is 17.6. The second kappa shape index (κ2) is 10.5. The molecule has 32 heavy (non-hydrogen) atoms. The number of nitrogens with one attached hydrogen (secondary N) is 1. The highest BCUT2D eigenvalue weighted by Gasteiger charge is 2.16. The molecule has 9 nitrogen and oxygen atoms in total. The Morgan fingerprint density at radius 3 is 2.53 bits per heavy atom. The van der Waals surface area contributed by atoms with Crippen molar-refractivity contribution >= 4 is 34.3 Å². The normalized spacial score (nSPS) is 11.4. The number of hydrogen-bond donors (Lipinski definition) is 2. The van der Waals surface area contributed by atoms with Crippen LogP contribution in [0.2, 0.25) is 0 Å². The molecule has 1 atom stereocenters. The van der Waals surface area contributed by atoms with Gasteiger partial charge in [0.1, 0.15) is 11.6 Å². The number of carbonyl (C=O) groups is 2. The largest absolute Gasteiger partial charge is 0.410 e. The topological polar surface area (TPSA) is 128 Å². The van der Waals surface area contributed by atoms with E-state index in [4.69, 9.17) is 10.5 Å². The van der Waals surface area contributed by atoms with Crippen LogP contribution in [0.5, 0.6) is 5.75 Å². The number of amides is 2. The summed E-state index contributed by atoms with van der Waals surface area (Å²) >= 11 is 0. The second-order valence-corrected chi connectivity index (χ2v) is 8.19. The summed E-state index contributed by atoms with van der Waals surface area (Å²) in [6, 6.07) is 16.2. The van der Waals surface area contributed by atoms with E-state index in [1.54, 1.807) is 35.4 Å². The number of nitrogens with zero attached hydrogens (tertiary/aromatic N) is 3. The van der Waals surface area contributed by atoms with Crippen LogP contribution in [-0.2, 0) is 28.7 Å². The van der Waals surface area contributed by atoms with Crippen molar-refractivity contribution in [1.82, 2.24) is 14.9 Å². The van der Waals surface area contributed by atoms with E-state index in [9.17, 15) is 13.8 Å². The van der Waals surface area contributed by atoms with E-state index in [2.05, 4.69) is 15.3 Å². The Kier molecular flexibility index (Phi) is 7.50. The lowest BCUT2D eigenvalue weighted by Gasteiger charge is -2.22. The summed E-state index contributed by atoms with van der Waals surface area (Å²) in [5.74, 6) is 0.535. The smallest absolute Gasteiger partial charge is 0.409 e. The van der Waals surface area contributed by atoms with Crippen molar-refractivity contribution in [3.05, 3.63) is 71.9 Å². The first-order valence-corrected chi connectivity index (χ1v) is 11.2. The summed E-state index contributed by atoms with van der Waals surface area (Å²) in [6.45, 7) is 2.15. The van der Waals surface area contributed by atoms with Crippen LogP contribution in [0.15, 0.2) is 66.0 Å². The highest BCUT2D eigenvalue weighted by atomic mass is 32.2. The predicted molar refractivity (Wildman–Crippen MR) is 121 cm³/mol. The number of nitrogens with two attached hydrogens (primary N) is 1. The average Bonchev–Trinajstić information content (AvgIpc) is 2.74. The van der Waals surface area contributed by atoms with Crippen molar-refractivity contribution in [3.63, 3.8) is 0 Å². The molecule has 0 fully saturated rings. The zero-order valence-corrected chi connectivity index (χ0v) is 18.5. The van der Waals surface area contributed by atoms with Crippen LogP contribution < -0.4 is 15.8 Å². The summed E-state index contributed by atoms with van der Waals surface area (Å²) in [5.41, 5.74) is 7.26. The first-order chi connectivity index (χ1) is 15.3. The SMILES string of the molecule is CC(=O)N(Cc1ccccc1)Cc1cnc(S(C)=O)nc1Nc1cccc(OC(N)=O)c1. The molecule has 0 saturated carbocycles. The number of carbonyl (C=O) groups excluding carboxylic acids is 2. The van der Waals surface area contributed by atoms with Crippen molar-refractivity contribution in [2.45, 2.75) is 25.2 Å². The van der Waals surface area contributed by atoms with Gasteiger partial charge in [-0.25, -0.2) is 14.8 Å². The van der Waals surface area contributed by atoms with Crippen molar-refractivity contribution in [2.24, 2.45) is 5.73 Å². The summed E-state index contributed by atoms with van der Waals surface area (Å²) in [5, 5.41) is 3.29. The van der Waals surface area contributed by atoms with E-state index in [0.717, 1.165) is 5.56 Å². The van der Waals surface area contributed by atoms with E-state index in [1.165, 1.54) is 13.2 Å². The van der Waals surface area contributed by atoms with Gasteiger partial charge in [-0.15, -0.1) is 0 Å². The van der Waals surface area contributed by atoms with Crippen LogP contribution in [0.4, 0.5) is 16.3 Å². The zero-order chi connectivity index (χ0) is 23.1. The lowest BCUT2D eigenvalue weighted by molar-refractivity contribution is -0.130. The maximum Gasteiger partial charge on any atom is 0.409 e. The van der Waals surface area contributed by atoms with Gasteiger partial charge in [0, 0.05) is 43.2 Å². The van der Waals surface area contributed by atoms with E-state index in [1.807, 2.05) is 30.3 Å². The number of primary amides is 1. The number of rotatable bonds is 8. The maximum absolute atomic E-state index is 12.3. The second-order valence-electron chi connectivity index (χ2n) is 6.92. The van der Waals surface area contributed by atoms with Crippen LogP contribution >= 0.6 is 0 Å². The van der Waals surface area contributed by atoms with Crippen LogP contribution in [-0.4, -0.2) is 37.3 Å². The van der Waals surface area contributed by atoms with Crippen molar-refractivity contribution in [1.29, 1.82) is 0 Å². The van der Waals surface area contributed by atoms with Gasteiger partial charge < -0.3 is 20.7 Å². The summed E-state index contributed by atoms with van der Waals surface area (Å²) in [6.07, 6.45) is 2.11. The third-order valence-electron chi connectivity index (χ3n) is 4.44. The Hall–Kier alpha value is -3.79. The molecule has 0 aliphatic carbocycles. The average molecular weight is 454 g/mol. The lowest BCUT2D eigenvalue weighted by Crippen LogP contribution is -2.28. The Labute approximate surface area is 188 Å². The number of benzene rings is 2. The monoisotopic (exact) mass is 453 g/mol. The van der Waals surface area contributed by atoms with Gasteiger partial charge in [0.15, 0.2) is 0 Å². The predicted octanol–water partition coefficient (Wildman–Crippen LogP) is 2.96. The molecule has 2 aromatic carbocycles. The van der Waals surface area contributed by atoms with Gasteiger partial charge in [0.05, 0.1) is 17.3 Å². The molecule has 3 N–H and O–H groups in total. The van der Waals surface area contributed by atoms with Gasteiger partial charge in [-0.3, -0.25) is 9.00 Å². The Bertz CT molecular complexity index is 1140. The molecule has 3 rings (SSSR count). The molecule has 0 aliphatic rings. The minimum absolute atomic E-state index is 0.111. The molecule has 10 heteroatoms. The summed E-state index contributed by atoms with van der Waals surface area (Å²) in [7, 11) is -1.40. The molecular weight excluding hydrogens is 430 g/mol. The van der Waals surface area contributed by atoms with Crippen LogP contribution in [0.25, 0.3) is 0 Å². The Morgan fingerprint density at radius 1 is 1.12 bits per heavy atom. The highest BCUT2D eigenvalue weighted by Crippen LogP contribution is 2.24. The van der Waals surface area contributed by atoms with Gasteiger partial charge in [0.2, 0.25) is 11.1 Å². The Balaban J connectivity index is 1.91. The van der Waals surface area contributed by atoms with Crippen molar-refractivity contribution in [3.8, 4) is 5.75 Å². The maximum atomic E-state index is 12.3. The minimum Gasteiger partial charge on any atom is -0.410 e. The molecule has 0 spiro atoms. The third kappa shape index (κ3) is 6.35. The van der Waals surface area contributed by atoms with Gasteiger partial charge in [-0.05, 0) is 17.7 Å². The number of ether oxygens (including phenoxy) is 1. The quantitative estimate of drug-likeness (QED) is 0.502. The molecule has 0 bridgehead atoms. The molecule has 0 radical (unpaired) electrons. The molecule has 2 amide bonds. The van der Waals surface area contributed by atoms with Crippen LogP contribution in [0.1, 0.15) is 18.1 Å². The van der Waals surface area contributed by atoms with E-state index in [-0.39, 0.29) is 23.4 Å². The van der Waals surface area contributed by atoms with Gasteiger partial charge >= 0.3 is 6.09 Å². The molecule has 1 aromatic heterocycles. The van der Waals surface area contributed by atoms with E-state index < -0.39 is 16.9 Å². The fourth-order valence-electron chi connectivity index (χ4n) is 2.93. The van der Waals surface area contributed by atoms with E-state index in [0.29, 0.717) is 23.6 Å². The van der Waals surface area contributed by atoms with Crippen LogP contribution in [0.3, 0.4) is 0 Å². The lowest BCUT2D eigenvalue weighted by atomic mass is 10.2. The fourth-order valence-corrected chi connectivity index (χ4v) is 3.35. The molecule has 0 saturated heterocycles. The minimum atomic E-state index is -1.40. The molecule has 3 aromatic rings. The first kappa shape index (κ1) is 22.9. The van der Waals surface area contributed by atoms with Crippen LogP contribution in [0, 0.1) is 0 Å². The van der Waals surface area contributed by atoms with Crippen molar-refractivity contribution < 1.29 is 18.5 Å². The first-order valence-electron chi connectivity index (χ1n) is 9.65. The highest BCUT2D eigenvalue weighted by molar-refractivity contribution is 7.84. The molecular formula is C22H23N5O4S. The van der Waals surface area contributed by atoms with Gasteiger partial charge in [-0.1, -0.05) is 36.4 Å². The molecule has 166 valence electrons. The number of aromatic nitrogens is 2. The van der Waals surface area contributed by atoms with Gasteiger partial charge in [0.25, 0.3) is 0 Å². The number of hydrogen-bond acceptors (Lipinski definition) is 7. The standard InChI is InChI=1S/C22H23N5O4S/c1-15(28)27(13-16-7-4-3-5-8-16)14-17-12-24-22(32(2)30)26-20(17)25-18-9-6-10-19(11-18)31-21(23)29/h3-12H,13-14H2,1-2H3,(H2,23,29)(H,24,25,26). The molecule has 1 heterocycles. The molecule has 1 unspecified atom stereocenters. The Morgan fingerprint density at radius 2 is 1.88 bits per heavy atom. The number of anilines is 2. The van der Waals surface area contributed by atoms with Gasteiger partial charge in [-0.2, -0.15) is 0 Å². The summed E-state index contributed by atoms with van der Waals surface area (Å²) in [4.78, 5) is 33.6. The molecule has 0 aliphatic heterocycles. The van der Waals surface area contributed by atoms with Crippen molar-refractivity contribution in [2.75, 3.05) is 11.6 Å². The third-order valence-corrected chi connectivity index (χ3v) is 5.15. The fraction of sp³-hybridized carbons (Fsp3) is 0.182. The summed E-state index contributed by atoms with van der Waals surface area (Å²) < 4.78 is 16.8. The van der Waals surface area contributed by atoms with E-state index >= 15 is 0 Å².